The monoisotopic (exact) mass is 342 g/mol. The van der Waals surface area contributed by atoms with Gasteiger partial charge in [0.25, 0.3) is 0 Å². The number of carbonyl (C=O) groups is 1. The highest BCUT2D eigenvalue weighted by atomic mass is 19.1. The first-order valence-corrected chi connectivity index (χ1v) is 8.52. The Morgan fingerprint density at radius 1 is 1.08 bits per heavy atom. The molecule has 0 radical (unpaired) electrons. The van der Waals surface area contributed by atoms with E-state index >= 15 is 0 Å². The molecule has 0 bridgehead atoms. The second-order valence-electron chi connectivity index (χ2n) is 6.28. The fourth-order valence-electron chi connectivity index (χ4n) is 3.15. The second kappa shape index (κ2) is 8.12. The van der Waals surface area contributed by atoms with Crippen LogP contribution in [0.25, 0.3) is 0 Å². The fraction of sp³-hybridized carbons (Fsp3) is 0.350. The van der Waals surface area contributed by atoms with E-state index in [1.807, 2.05) is 35.2 Å². The standard InChI is InChI=1S/C20H23FN2O2/c1-25-19-8-7-18(21)14-17(19)15-22-9-11-23(12-10-22)20(24)13-16-5-3-2-4-6-16/h2-8,14H,9-13,15H2,1H3. The molecule has 1 aliphatic heterocycles. The Labute approximate surface area is 147 Å². The molecule has 0 N–H and O–H groups in total. The van der Waals surface area contributed by atoms with Gasteiger partial charge in [-0.05, 0) is 23.8 Å². The van der Waals surface area contributed by atoms with Gasteiger partial charge in [-0.1, -0.05) is 30.3 Å². The molecular formula is C20H23FN2O2. The van der Waals surface area contributed by atoms with Crippen molar-refractivity contribution in [2.75, 3.05) is 33.3 Å². The molecule has 0 aliphatic carbocycles. The summed E-state index contributed by atoms with van der Waals surface area (Å²) in [6.07, 6.45) is 0.443. The van der Waals surface area contributed by atoms with E-state index in [-0.39, 0.29) is 11.7 Å². The van der Waals surface area contributed by atoms with Gasteiger partial charge in [-0.25, -0.2) is 4.39 Å². The normalized spacial score (nSPS) is 15.2. The molecule has 25 heavy (non-hydrogen) atoms. The van der Waals surface area contributed by atoms with Crippen LogP contribution in [0.4, 0.5) is 4.39 Å². The fourth-order valence-corrected chi connectivity index (χ4v) is 3.15. The van der Waals surface area contributed by atoms with Crippen LogP contribution in [0.3, 0.4) is 0 Å². The van der Waals surface area contributed by atoms with E-state index in [1.54, 1.807) is 13.2 Å². The van der Waals surface area contributed by atoms with Crippen LogP contribution in [0.2, 0.25) is 0 Å². The first-order valence-electron chi connectivity index (χ1n) is 8.52. The van der Waals surface area contributed by atoms with Gasteiger partial charge in [0.1, 0.15) is 11.6 Å². The zero-order valence-corrected chi connectivity index (χ0v) is 14.5. The predicted octanol–water partition coefficient (Wildman–Crippen LogP) is 2.72. The van der Waals surface area contributed by atoms with Crippen LogP contribution in [-0.4, -0.2) is 49.0 Å². The number of benzene rings is 2. The summed E-state index contributed by atoms with van der Waals surface area (Å²) in [5.74, 6) is 0.602. The third kappa shape index (κ3) is 4.57. The number of rotatable bonds is 5. The lowest BCUT2D eigenvalue weighted by molar-refractivity contribution is -0.132. The molecule has 1 saturated heterocycles. The highest BCUT2D eigenvalue weighted by molar-refractivity contribution is 5.78. The Balaban J connectivity index is 1.53. The molecule has 0 unspecified atom stereocenters. The summed E-state index contributed by atoms with van der Waals surface area (Å²) in [5, 5.41) is 0. The quantitative estimate of drug-likeness (QED) is 0.838. The molecule has 3 rings (SSSR count). The molecule has 1 aliphatic rings. The third-order valence-electron chi connectivity index (χ3n) is 4.56. The maximum Gasteiger partial charge on any atom is 0.227 e. The smallest absolute Gasteiger partial charge is 0.227 e. The van der Waals surface area contributed by atoms with E-state index in [2.05, 4.69) is 4.90 Å². The van der Waals surface area contributed by atoms with Crippen LogP contribution in [0.5, 0.6) is 5.75 Å². The Morgan fingerprint density at radius 3 is 2.48 bits per heavy atom. The summed E-state index contributed by atoms with van der Waals surface area (Å²) in [6.45, 7) is 3.58. The number of carbonyl (C=O) groups excluding carboxylic acids is 1. The summed E-state index contributed by atoms with van der Waals surface area (Å²) >= 11 is 0. The summed E-state index contributed by atoms with van der Waals surface area (Å²) < 4.78 is 18.8. The van der Waals surface area contributed by atoms with Gasteiger partial charge in [0.15, 0.2) is 0 Å². The van der Waals surface area contributed by atoms with Gasteiger partial charge >= 0.3 is 0 Å². The van der Waals surface area contributed by atoms with Crippen LogP contribution in [0, 0.1) is 5.82 Å². The minimum Gasteiger partial charge on any atom is -0.496 e. The lowest BCUT2D eigenvalue weighted by atomic mass is 10.1. The molecule has 1 amide bonds. The van der Waals surface area contributed by atoms with Crippen molar-refractivity contribution in [1.82, 2.24) is 9.80 Å². The van der Waals surface area contributed by atoms with Gasteiger partial charge in [-0.15, -0.1) is 0 Å². The van der Waals surface area contributed by atoms with Crippen molar-refractivity contribution >= 4 is 5.91 Å². The first kappa shape index (κ1) is 17.4. The molecule has 5 heteroatoms. The summed E-state index contributed by atoms with van der Waals surface area (Å²) in [5.41, 5.74) is 1.88. The molecule has 0 saturated carbocycles. The first-order chi connectivity index (χ1) is 12.2. The number of nitrogens with zero attached hydrogens (tertiary/aromatic N) is 2. The highest BCUT2D eigenvalue weighted by Crippen LogP contribution is 2.21. The van der Waals surface area contributed by atoms with Crippen molar-refractivity contribution in [2.45, 2.75) is 13.0 Å². The van der Waals surface area contributed by atoms with Crippen LogP contribution in [0.15, 0.2) is 48.5 Å². The van der Waals surface area contributed by atoms with E-state index < -0.39 is 0 Å². The molecule has 0 aromatic heterocycles. The molecule has 2 aromatic rings. The van der Waals surface area contributed by atoms with Gasteiger partial charge in [0, 0.05) is 38.3 Å². The van der Waals surface area contributed by atoms with Crippen LogP contribution in [0.1, 0.15) is 11.1 Å². The van der Waals surface area contributed by atoms with Crippen molar-refractivity contribution in [1.29, 1.82) is 0 Å². The van der Waals surface area contributed by atoms with Crippen LogP contribution >= 0.6 is 0 Å². The zero-order chi connectivity index (χ0) is 17.6. The number of hydrogen-bond acceptors (Lipinski definition) is 3. The van der Waals surface area contributed by atoms with Gasteiger partial charge in [-0.3, -0.25) is 9.69 Å². The third-order valence-corrected chi connectivity index (χ3v) is 4.56. The molecule has 1 heterocycles. The van der Waals surface area contributed by atoms with E-state index in [4.69, 9.17) is 4.74 Å². The number of piperazine rings is 1. The molecule has 4 nitrogen and oxygen atoms in total. The SMILES string of the molecule is COc1ccc(F)cc1CN1CCN(C(=O)Cc2ccccc2)CC1. The minimum absolute atomic E-state index is 0.161. The second-order valence-corrected chi connectivity index (χ2v) is 6.28. The summed E-state index contributed by atoms with van der Waals surface area (Å²) in [6, 6.07) is 14.4. The number of hydrogen-bond donors (Lipinski definition) is 0. The molecule has 0 spiro atoms. The van der Waals surface area contributed by atoms with Crippen molar-refractivity contribution in [3.63, 3.8) is 0 Å². The summed E-state index contributed by atoms with van der Waals surface area (Å²) in [4.78, 5) is 16.6. The van der Waals surface area contributed by atoms with E-state index in [9.17, 15) is 9.18 Å². The van der Waals surface area contributed by atoms with Crippen LogP contribution < -0.4 is 4.74 Å². The lowest BCUT2D eigenvalue weighted by Crippen LogP contribution is -2.48. The number of amides is 1. The lowest BCUT2D eigenvalue weighted by Gasteiger charge is -2.35. The zero-order valence-electron chi connectivity index (χ0n) is 14.5. The maximum absolute atomic E-state index is 13.5. The van der Waals surface area contributed by atoms with Crippen molar-refractivity contribution in [2.24, 2.45) is 0 Å². The number of ether oxygens (including phenoxy) is 1. The summed E-state index contributed by atoms with van der Waals surface area (Å²) in [7, 11) is 1.59. The van der Waals surface area contributed by atoms with Gasteiger partial charge in [0.05, 0.1) is 13.5 Å². The topological polar surface area (TPSA) is 32.8 Å². The molecule has 2 aromatic carbocycles. The largest absolute Gasteiger partial charge is 0.496 e. The minimum atomic E-state index is -0.257. The van der Waals surface area contributed by atoms with E-state index in [0.29, 0.717) is 31.8 Å². The Bertz CT molecular complexity index is 713. The molecular weight excluding hydrogens is 319 g/mol. The van der Waals surface area contributed by atoms with Gasteiger partial charge < -0.3 is 9.64 Å². The average molecular weight is 342 g/mol. The molecule has 0 atom stereocenters. The van der Waals surface area contributed by atoms with Gasteiger partial charge in [0.2, 0.25) is 5.91 Å². The predicted molar refractivity (Wildman–Crippen MR) is 95.0 cm³/mol. The van der Waals surface area contributed by atoms with E-state index in [1.165, 1.54) is 12.1 Å². The van der Waals surface area contributed by atoms with Crippen LogP contribution in [-0.2, 0) is 17.8 Å². The van der Waals surface area contributed by atoms with E-state index in [0.717, 1.165) is 24.2 Å². The van der Waals surface area contributed by atoms with Crippen molar-refractivity contribution in [3.05, 3.63) is 65.5 Å². The van der Waals surface area contributed by atoms with Crippen molar-refractivity contribution < 1.29 is 13.9 Å². The highest BCUT2D eigenvalue weighted by Gasteiger charge is 2.22. The van der Waals surface area contributed by atoms with Gasteiger partial charge in [-0.2, -0.15) is 0 Å². The number of halogens is 1. The average Bonchev–Trinajstić information content (AvgIpc) is 2.63. The Morgan fingerprint density at radius 2 is 1.80 bits per heavy atom. The Hall–Kier alpha value is -2.40. The molecule has 1 fully saturated rings. The Kier molecular flexibility index (Phi) is 5.66. The molecule has 132 valence electrons. The maximum atomic E-state index is 13.5. The van der Waals surface area contributed by atoms with Crippen molar-refractivity contribution in [3.8, 4) is 5.75 Å². The number of methoxy groups -OCH3 is 1.